The maximum atomic E-state index is 13.2. The van der Waals surface area contributed by atoms with Crippen molar-refractivity contribution in [3.63, 3.8) is 0 Å². The van der Waals surface area contributed by atoms with E-state index in [9.17, 15) is 14.7 Å². The van der Waals surface area contributed by atoms with E-state index in [2.05, 4.69) is 13.8 Å². The first-order valence-corrected chi connectivity index (χ1v) is 11.8. The highest BCUT2D eigenvalue weighted by molar-refractivity contribution is 6.46. The number of aliphatic hydroxyl groups is 1. The van der Waals surface area contributed by atoms with Gasteiger partial charge in [0, 0.05) is 18.7 Å². The highest BCUT2D eigenvalue weighted by Gasteiger charge is 2.45. The third-order valence-corrected chi connectivity index (χ3v) is 6.06. The molecule has 0 spiro atoms. The average Bonchev–Trinajstić information content (AvgIpc) is 3.03. The molecule has 1 saturated heterocycles. The van der Waals surface area contributed by atoms with Crippen LogP contribution in [0, 0.1) is 6.92 Å². The minimum atomic E-state index is -0.658. The molecule has 1 unspecified atom stereocenters. The number of carbonyl (C=O) groups excluding carboxylic acids is 2. The molecule has 3 rings (SSSR count). The lowest BCUT2D eigenvalue weighted by molar-refractivity contribution is -0.140. The quantitative estimate of drug-likeness (QED) is 0.342. The van der Waals surface area contributed by atoms with Gasteiger partial charge in [-0.1, -0.05) is 38.1 Å². The van der Waals surface area contributed by atoms with Gasteiger partial charge in [0.15, 0.2) is 0 Å². The molecule has 1 fully saturated rings. The van der Waals surface area contributed by atoms with Gasteiger partial charge in [0.05, 0.1) is 17.7 Å². The third kappa shape index (κ3) is 5.33. The van der Waals surface area contributed by atoms with Crippen LogP contribution in [0.25, 0.3) is 5.76 Å². The lowest BCUT2D eigenvalue weighted by Gasteiger charge is -2.27. The number of Topliss-reactive ketones (excluding diaryl/α,β-unsaturated/α-hetero) is 1. The van der Waals surface area contributed by atoms with E-state index >= 15 is 0 Å². The summed E-state index contributed by atoms with van der Waals surface area (Å²) < 4.78 is 5.80. The summed E-state index contributed by atoms with van der Waals surface area (Å²) in [4.78, 5) is 29.8. The maximum Gasteiger partial charge on any atom is 0.295 e. The maximum absolute atomic E-state index is 13.2. The van der Waals surface area contributed by atoms with Crippen molar-refractivity contribution in [3.05, 3.63) is 70.3 Å². The SMILES string of the molecule is Cc1cc(/C(O)=C2/C(=O)C(=O)N(CCN(C)C)C2c2ccc(C(C)C)cc2)ccc1OC(C)C. The van der Waals surface area contributed by atoms with Gasteiger partial charge in [-0.25, -0.2) is 0 Å². The first-order valence-electron chi connectivity index (χ1n) is 11.8. The lowest BCUT2D eigenvalue weighted by Crippen LogP contribution is -2.35. The third-order valence-electron chi connectivity index (χ3n) is 6.06. The van der Waals surface area contributed by atoms with Crippen molar-refractivity contribution in [2.75, 3.05) is 27.2 Å². The van der Waals surface area contributed by atoms with E-state index in [0.29, 0.717) is 24.6 Å². The highest BCUT2D eigenvalue weighted by atomic mass is 16.5. The lowest BCUT2D eigenvalue weighted by atomic mass is 9.93. The van der Waals surface area contributed by atoms with Gasteiger partial charge in [-0.3, -0.25) is 9.59 Å². The number of benzene rings is 2. The van der Waals surface area contributed by atoms with Gasteiger partial charge in [0.2, 0.25) is 0 Å². The van der Waals surface area contributed by atoms with E-state index in [1.165, 1.54) is 5.56 Å². The van der Waals surface area contributed by atoms with E-state index in [4.69, 9.17) is 4.74 Å². The minimum absolute atomic E-state index is 0.0222. The minimum Gasteiger partial charge on any atom is -0.507 e. The van der Waals surface area contributed by atoms with Crippen LogP contribution in [-0.2, 0) is 9.59 Å². The number of likely N-dealkylation sites (tertiary alicyclic amines) is 1. The van der Waals surface area contributed by atoms with Crippen LogP contribution in [0.2, 0.25) is 0 Å². The van der Waals surface area contributed by atoms with E-state index in [0.717, 1.165) is 16.9 Å². The number of amides is 1. The fourth-order valence-electron chi connectivity index (χ4n) is 4.17. The summed E-state index contributed by atoms with van der Waals surface area (Å²) in [5, 5.41) is 11.3. The molecule has 1 N–H and O–H groups in total. The van der Waals surface area contributed by atoms with Gasteiger partial charge in [0.25, 0.3) is 11.7 Å². The van der Waals surface area contributed by atoms with Crippen molar-refractivity contribution in [2.45, 2.75) is 52.7 Å². The summed E-state index contributed by atoms with van der Waals surface area (Å²) in [5.74, 6) is -0.322. The van der Waals surface area contributed by atoms with E-state index in [1.807, 2.05) is 64.0 Å². The van der Waals surface area contributed by atoms with Crippen LogP contribution in [0.1, 0.15) is 61.9 Å². The Morgan fingerprint density at radius 3 is 2.24 bits per heavy atom. The molecule has 1 atom stereocenters. The van der Waals surface area contributed by atoms with Crippen LogP contribution in [-0.4, -0.2) is 59.9 Å². The number of hydrogen-bond acceptors (Lipinski definition) is 5. The van der Waals surface area contributed by atoms with Crippen LogP contribution in [0.15, 0.2) is 48.0 Å². The molecule has 1 aliphatic rings. The largest absolute Gasteiger partial charge is 0.507 e. The number of nitrogens with zero attached hydrogens (tertiary/aromatic N) is 2. The predicted molar refractivity (Wildman–Crippen MR) is 135 cm³/mol. The Hall–Kier alpha value is -3.12. The van der Waals surface area contributed by atoms with Crippen LogP contribution >= 0.6 is 0 Å². The summed E-state index contributed by atoms with van der Waals surface area (Å²) in [7, 11) is 3.85. The van der Waals surface area contributed by atoms with Crippen LogP contribution in [0.3, 0.4) is 0 Å². The number of rotatable bonds is 8. The molecule has 0 radical (unpaired) electrons. The molecule has 0 saturated carbocycles. The van der Waals surface area contributed by atoms with Crippen molar-refractivity contribution in [2.24, 2.45) is 0 Å². The van der Waals surface area contributed by atoms with Gasteiger partial charge >= 0.3 is 0 Å². The molecule has 182 valence electrons. The second-order valence-electron chi connectivity index (χ2n) is 9.76. The number of hydrogen-bond donors (Lipinski definition) is 1. The molecule has 6 heteroatoms. The Balaban J connectivity index is 2.11. The Labute approximate surface area is 202 Å². The fraction of sp³-hybridized carbons (Fsp3) is 0.429. The average molecular weight is 465 g/mol. The molecule has 2 aromatic rings. The van der Waals surface area contributed by atoms with Gasteiger partial charge in [-0.2, -0.15) is 0 Å². The van der Waals surface area contributed by atoms with Crippen LogP contribution in [0.5, 0.6) is 5.75 Å². The number of aliphatic hydroxyl groups excluding tert-OH is 1. The molecule has 0 aliphatic carbocycles. The Kier molecular flexibility index (Phi) is 7.82. The molecular weight excluding hydrogens is 428 g/mol. The Morgan fingerprint density at radius 2 is 1.71 bits per heavy atom. The molecule has 1 aliphatic heterocycles. The first-order chi connectivity index (χ1) is 16.0. The number of likely N-dealkylation sites (N-methyl/N-ethyl adjacent to an activating group) is 1. The predicted octanol–water partition coefficient (Wildman–Crippen LogP) is 4.89. The van der Waals surface area contributed by atoms with Crippen molar-refractivity contribution in [1.82, 2.24) is 9.80 Å². The standard InChI is InChI=1S/C28H36N2O4/c1-17(2)20-8-10-21(11-9-20)25-24(27(32)28(33)30(25)15-14-29(6)7)26(31)22-12-13-23(19(5)16-22)34-18(3)4/h8-13,16-18,25,31H,14-15H2,1-7H3/b26-24-. The second-order valence-corrected chi connectivity index (χ2v) is 9.76. The van der Waals surface area contributed by atoms with Crippen molar-refractivity contribution in [3.8, 4) is 5.75 Å². The number of carbonyl (C=O) groups is 2. The monoisotopic (exact) mass is 464 g/mol. The fourth-order valence-corrected chi connectivity index (χ4v) is 4.17. The summed E-state index contributed by atoms with van der Waals surface area (Å²) in [5.41, 5.74) is 3.43. The van der Waals surface area contributed by atoms with Crippen molar-refractivity contribution >= 4 is 17.4 Å². The second kappa shape index (κ2) is 10.4. The van der Waals surface area contributed by atoms with Crippen molar-refractivity contribution < 1.29 is 19.4 Å². The highest BCUT2D eigenvalue weighted by Crippen LogP contribution is 2.40. The van der Waals surface area contributed by atoms with E-state index < -0.39 is 17.7 Å². The molecular formula is C28H36N2O4. The molecule has 1 amide bonds. The summed E-state index contributed by atoms with van der Waals surface area (Å²) in [6, 6.07) is 12.6. The molecule has 0 bridgehead atoms. The molecule has 1 heterocycles. The topological polar surface area (TPSA) is 70.1 Å². The van der Waals surface area contributed by atoms with E-state index in [1.54, 1.807) is 23.1 Å². The number of ether oxygens (including phenoxy) is 1. The smallest absolute Gasteiger partial charge is 0.295 e. The van der Waals surface area contributed by atoms with Crippen LogP contribution in [0.4, 0.5) is 0 Å². The van der Waals surface area contributed by atoms with E-state index in [-0.39, 0.29) is 17.4 Å². The van der Waals surface area contributed by atoms with Gasteiger partial charge < -0.3 is 19.6 Å². The molecule has 0 aromatic heterocycles. The summed E-state index contributed by atoms with van der Waals surface area (Å²) in [6.07, 6.45) is 0.0222. The van der Waals surface area contributed by atoms with Gasteiger partial charge in [-0.15, -0.1) is 0 Å². The zero-order valence-corrected chi connectivity index (χ0v) is 21.3. The van der Waals surface area contributed by atoms with Crippen LogP contribution < -0.4 is 4.74 Å². The first kappa shape index (κ1) is 25.5. The summed E-state index contributed by atoms with van der Waals surface area (Å²) >= 11 is 0. The van der Waals surface area contributed by atoms with Gasteiger partial charge in [0.1, 0.15) is 11.5 Å². The summed E-state index contributed by atoms with van der Waals surface area (Å²) in [6.45, 7) is 11.0. The molecule has 6 nitrogen and oxygen atoms in total. The molecule has 2 aromatic carbocycles. The zero-order valence-electron chi connectivity index (χ0n) is 21.3. The zero-order chi connectivity index (χ0) is 25.2. The van der Waals surface area contributed by atoms with Crippen molar-refractivity contribution in [1.29, 1.82) is 0 Å². The Bertz CT molecular complexity index is 1080. The van der Waals surface area contributed by atoms with Gasteiger partial charge in [-0.05, 0) is 75.7 Å². The number of ketones is 1. The molecule has 34 heavy (non-hydrogen) atoms. The Morgan fingerprint density at radius 1 is 1.06 bits per heavy atom. The normalized spacial score (nSPS) is 17.9. The number of aryl methyl sites for hydroxylation is 1.